The van der Waals surface area contributed by atoms with Crippen molar-refractivity contribution in [3.8, 4) is 0 Å². The predicted octanol–water partition coefficient (Wildman–Crippen LogP) is 3.69. The second-order valence-electron chi connectivity index (χ2n) is 7.51. The Balaban J connectivity index is 1.93. The van der Waals surface area contributed by atoms with Crippen LogP contribution in [0.25, 0.3) is 0 Å². The van der Waals surface area contributed by atoms with Gasteiger partial charge in [-0.25, -0.2) is 0 Å². The van der Waals surface area contributed by atoms with Gasteiger partial charge in [0.25, 0.3) is 13.9 Å². The van der Waals surface area contributed by atoms with Gasteiger partial charge in [0.1, 0.15) is 6.29 Å². The normalized spacial score (nSPS) is 43.1. The van der Waals surface area contributed by atoms with Gasteiger partial charge in [-0.1, -0.05) is 6.42 Å². The van der Waals surface area contributed by atoms with E-state index in [1.54, 1.807) is 7.11 Å². The first-order valence-electron chi connectivity index (χ1n) is 9.90. The van der Waals surface area contributed by atoms with E-state index in [0.29, 0.717) is 13.2 Å². The molecule has 7 heteroatoms. The lowest BCUT2D eigenvalue weighted by atomic mass is 10.1. The maximum absolute atomic E-state index is 6.63. The topological polar surface area (TPSA) is 55.4 Å². The first kappa shape index (κ1) is 19.7. The van der Waals surface area contributed by atoms with Crippen LogP contribution in [0.15, 0.2) is 0 Å². The van der Waals surface area contributed by atoms with Gasteiger partial charge >= 0.3 is 0 Å². The van der Waals surface area contributed by atoms with Crippen LogP contribution in [0.5, 0.6) is 0 Å². The van der Waals surface area contributed by atoms with Crippen LogP contribution in [-0.2, 0) is 28.1 Å². The highest BCUT2D eigenvalue weighted by Gasteiger charge is 2.64. The van der Waals surface area contributed by atoms with Crippen molar-refractivity contribution in [2.45, 2.75) is 88.6 Å². The lowest BCUT2D eigenvalue weighted by molar-refractivity contribution is -0.419. The summed E-state index contributed by atoms with van der Waals surface area (Å²) < 4.78 is 37.4. The van der Waals surface area contributed by atoms with Crippen molar-refractivity contribution in [2.75, 3.05) is 26.9 Å². The minimum Gasteiger partial charge on any atom is -0.383 e. The van der Waals surface area contributed by atoms with Crippen LogP contribution in [0.3, 0.4) is 0 Å². The summed E-state index contributed by atoms with van der Waals surface area (Å²) in [6.45, 7) is 5.87. The molecule has 0 N–H and O–H groups in total. The van der Waals surface area contributed by atoms with Gasteiger partial charge in [-0.15, -0.1) is 0 Å². The number of hydrogen-bond donors (Lipinski definition) is 0. The highest BCUT2D eigenvalue weighted by Crippen LogP contribution is 2.46. The summed E-state index contributed by atoms with van der Waals surface area (Å²) in [7, 11) is -0.795. The molecule has 3 fully saturated rings. The summed E-state index contributed by atoms with van der Waals surface area (Å²) in [6.07, 6.45) is 6.89. The summed E-state index contributed by atoms with van der Waals surface area (Å²) in [5.74, 6) is -0.679. The highest BCUT2D eigenvalue weighted by molar-refractivity contribution is 6.76. The fourth-order valence-corrected chi connectivity index (χ4v) is 9.02. The molecule has 3 aliphatic heterocycles. The van der Waals surface area contributed by atoms with E-state index in [9.17, 15) is 0 Å². The quantitative estimate of drug-likeness (QED) is 0.540. The van der Waals surface area contributed by atoms with Crippen LogP contribution in [0.1, 0.15) is 58.8 Å². The first-order chi connectivity index (χ1) is 12.1. The van der Waals surface area contributed by atoms with Gasteiger partial charge in [0.2, 0.25) is 0 Å². The second kappa shape index (κ2) is 8.33. The SMILES string of the molecule is CCOC1(OC2(C)CCCCO2)OCCCC[Si]12CCCC(OC)O2. The second-order valence-corrected chi connectivity index (χ2v) is 11.3. The molecule has 25 heavy (non-hydrogen) atoms. The molecule has 1 spiro atoms. The molecule has 0 amide bonds. The minimum absolute atomic E-state index is 0.189. The molecule has 0 aromatic carbocycles. The van der Waals surface area contributed by atoms with Crippen molar-refractivity contribution in [3.05, 3.63) is 0 Å². The molecule has 4 unspecified atom stereocenters. The summed E-state index contributed by atoms with van der Waals surface area (Å²) in [5, 5.41) is 0. The van der Waals surface area contributed by atoms with Crippen LogP contribution in [0.2, 0.25) is 12.1 Å². The minimum atomic E-state index is -2.51. The molecule has 0 radical (unpaired) electrons. The van der Waals surface area contributed by atoms with Gasteiger partial charge in [-0.05, 0) is 58.0 Å². The highest BCUT2D eigenvalue weighted by atomic mass is 28.4. The first-order valence-corrected chi connectivity index (χ1v) is 12.2. The largest absolute Gasteiger partial charge is 0.383 e. The fraction of sp³-hybridized carbons (Fsp3) is 1.00. The van der Waals surface area contributed by atoms with E-state index in [-0.39, 0.29) is 6.29 Å². The van der Waals surface area contributed by atoms with Crippen molar-refractivity contribution in [1.82, 2.24) is 0 Å². The Morgan fingerprint density at radius 1 is 1.04 bits per heavy atom. The van der Waals surface area contributed by atoms with Crippen LogP contribution in [0, 0.1) is 0 Å². The molecule has 3 rings (SSSR count). The maximum atomic E-state index is 6.63. The summed E-state index contributed by atoms with van der Waals surface area (Å²) in [4.78, 5) is 0. The number of rotatable bonds is 5. The van der Waals surface area contributed by atoms with Gasteiger partial charge < -0.3 is 23.4 Å². The third-order valence-electron chi connectivity index (χ3n) is 5.58. The molecule has 3 saturated heterocycles. The Morgan fingerprint density at radius 3 is 2.52 bits per heavy atom. The van der Waals surface area contributed by atoms with Gasteiger partial charge in [0.05, 0.1) is 13.2 Å². The fourth-order valence-electron chi connectivity index (χ4n) is 4.29. The number of methoxy groups -OCH3 is 1. The van der Waals surface area contributed by atoms with Gasteiger partial charge in [-0.2, -0.15) is 0 Å². The molecular formula is C18H34O6Si. The molecule has 4 atom stereocenters. The van der Waals surface area contributed by atoms with E-state index in [0.717, 1.165) is 63.6 Å². The van der Waals surface area contributed by atoms with Crippen molar-refractivity contribution >= 4 is 8.32 Å². The maximum Gasteiger partial charge on any atom is 0.297 e. The summed E-state index contributed by atoms with van der Waals surface area (Å²) >= 11 is 0. The van der Waals surface area contributed by atoms with Crippen LogP contribution in [0.4, 0.5) is 0 Å². The predicted molar refractivity (Wildman–Crippen MR) is 95.3 cm³/mol. The molecule has 3 heterocycles. The Labute approximate surface area is 152 Å². The zero-order valence-corrected chi connectivity index (χ0v) is 17.0. The lowest BCUT2D eigenvalue weighted by Gasteiger charge is -2.51. The van der Waals surface area contributed by atoms with Gasteiger partial charge in [0, 0.05) is 20.1 Å². The Bertz CT molecular complexity index is 430. The summed E-state index contributed by atoms with van der Waals surface area (Å²) in [5.41, 5.74) is -1.11. The Morgan fingerprint density at radius 2 is 1.80 bits per heavy atom. The molecule has 146 valence electrons. The average molecular weight is 375 g/mol. The lowest BCUT2D eigenvalue weighted by Crippen LogP contribution is -2.69. The molecule has 0 bridgehead atoms. The van der Waals surface area contributed by atoms with Gasteiger partial charge in [0.15, 0.2) is 5.79 Å². The van der Waals surface area contributed by atoms with Crippen LogP contribution >= 0.6 is 0 Å². The molecule has 0 saturated carbocycles. The molecule has 6 nitrogen and oxygen atoms in total. The molecule has 0 aliphatic carbocycles. The van der Waals surface area contributed by atoms with E-state index < -0.39 is 19.7 Å². The van der Waals surface area contributed by atoms with Crippen molar-refractivity contribution in [3.63, 3.8) is 0 Å². The Hall–Kier alpha value is -0.0231. The Kier molecular flexibility index (Phi) is 6.58. The smallest absolute Gasteiger partial charge is 0.297 e. The van der Waals surface area contributed by atoms with Crippen molar-refractivity contribution in [1.29, 1.82) is 0 Å². The van der Waals surface area contributed by atoms with Gasteiger partial charge in [-0.3, -0.25) is 4.74 Å². The number of hydrogen-bond acceptors (Lipinski definition) is 6. The molecule has 3 aliphatic rings. The monoisotopic (exact) mass is 374 g/mol. The average Bonchev–Trinajstić information content (AvgIpc) is 2.76. The standard InChI is InChI=1S/C18H34O6Si/c1-4-20-18(24-17(2)11-5-6-12-21-17)22-13-7-8-14-25(18)15-9-10-16(19-3)23-25/h16H,4-15H2,1-3H3. The van der Waals surface area contributed by atoms with Crippen LogP contribution in [-0.4, -0.2) is 52.9 Å². The number of ether oxygens (including phenoxy) is 5. The van der Waals surface area contributed by atoms with E-state index in [1.807, 2.05) is 13.8 Å². The molecule has 0 aromatic heterocycles. The van der Waals surface area contributed by atoms with Crippen molar-refractivity contribution in [2.24, 2.45) is 0 Å². The van der Waals surface area contributed by atoms with E-state index in [1.165, 1.54) is 0 Å². The van der Waals surface area contributed by atoms with Crippen molar-refractivity contribution < 1.29 is 28.1 Å². The van der Waals surface area contributed by atoms with E-state index in [4.69, 9.17) is 28.1 Å². The zero-order valence-electron chi connectivity index (χ0n) is 16.0. The molecular weight excluding hydrogens is 340 g/mol. The summed E-state index contributed by atoms with van der Waals surface area (Å²) in [6, 6.07) is 1.95. The van der Waals surface area contributed by atoms with E-state index >= 15 is 0 Å². The van der Waals surface area contributed by atoms with Crippen LogP contribution < -0.4 is 0 Å². The third kappa shape index (κ3) is 4.13. The third-order valence-corrected chi connectivity index (χ3v) is 10.1. The zero-order chi connectivity index (χ0) is 17.8. The molecule has 0 aromatic rings. The van der Waals surface area contributed by atoms with E-state index in [2.05, 4.69) is 0 Å².